The molecule has 3 nitrogen and oxygen atoms in total. The molecule has 22 heavy (non-hydrogen) atoms. The Hall–Kier alpha value is -1.84. The van der Waals surface area contributed by atoms with Gasteiger partial charge in [-0.2, -0.15) is 5.26 Å². The molecule has 0 radical (unpaired) electrons. The Morgan fingerprint density at radius 2 is 2.00 bits per heavy atom. The lowest BCUT2D eigenvalue weighted by Gasteiger charge is -2.30. The fourth-order valence-electron chi connectivity index (χ4n) is 2.26. The highest BCUT2D eigenvalue weighted by Crippen LogP contribution is 2.48. The third-order valence-corrected chi connectivity index (χ3v) is 3.46. The first-order chi connectivity index (χ1) is 10.3. The lowest BCUT2D eigenvalue weighted by molar-refractivity contribution is -0.145. The van der Waals surface area contributed by atoms with E-state index < -0.39 is 47.0 Å². The van der Waals surface area contributed by atoms with Gasteiger partial charge in [-0.25, -0.2) is 17.6 Å². The van der Waals surface area contributed by atoms with Crippen molar-refractivity contribution in [2.24, 2.45) is 5.92 Å². The number of hydrogen-bond acceptors (Lipinski definition) is 3. The maximum Gasteiger partial charge on any atom is 0.306 e. The number of hydrogen-bond donors (Lipinski definition) is 0. The Morgan fingerprint density at radius 3 is 2.50 bits per heavy atom. The van der Waals surface area contributed by atoms with E-state index in [1.54, 1.807) is 6.92 Å². The van der Waals surface area contributed by atoms with Crippen LogP contribution in [0.15, 0.2) is 23.1 Å². The van der Waals surface area contributed by atoms with Gasteiger partial charge in [-0.15, -0.1) is 0 Å². The molecule has 0 aliphatic heterocycles. The minimum Gasteiger partial charge on any atom is -0.466 e. The molecule has 0 saturated carbocycles. The maximum absolute atomic E-state index is 14.6. The lowest BCUT2D eigenvalue weighted by atomic mass is 9.78. The van der Waals surface area contributed by atoms with Crippen LogP contribution in [0.4, 0.5) is 17.6 Å². The topological polar surface area (TPSA) is 50.1 Å². The van der Waals surface area contributed by atoms with Crippen LogP contribution in [0, 0.1) is 17.2 Å². The van der Waals surface area contributed by atoms with Gasteiger partial charge < -0.3 is 4.74 Å². The number of nitriles is 1. The largest absolute Gasteiger partial charge is 0.466 e. The van der Waals surface area contributed by atoms with E-state index in [4.69, 9.17) is 5.26 Å². The van der Waals surface area contributed by atoms with Crippen molar-refractivity contribution in [3.05, 3.63) is 23.1 Å². The number of rotatable bonds is 6. The second-order valence-electron chi connectivity index (χ2n) is 4.94. The summed E-state index contributed by atoms with van der Waals surface area (Å²) in [5.41, 5.74) is -4.18. The average Bonchev–Trinajstić information content (AvgIpc) is 2.50. The first-order valence-corrected chi connectivity index (χ1v) is 7.03. The molecular formula is C15H17F4NO2. The van der Waals surface area contributed by atoms with E-state index in [1.165, 1.54) is 6.92 Å². The van der Waals surface area contributed by atoms with Crippen molar-refractivity contribution in [1.82, 2.24) is 0 Å². The van der Waals surface area contributed by atoms with E-state index in [2.05, 4.69) is 4.74 Å². The second-order valence-corrected chi connectivity index (χ2v) is 4.94. The molecule has 7 heteroatoms. The van der Waals surface area contributed by atoms with Crippen molar-refractivity contribution in [2.75, 3.05) is 6.61 Å². The summed E-state index contributed by atoms with van der Waals surface area (Å²) in [4.78, 5) is 11.4. The summed E-state index contributed by atoms with van der Waals surface area (Å²) >= 11 is 0. The van der Waals surface area contributed by atoms with Crippen LogP contribution in [0.5, 0.6) is 0 Å². The van der Waals surface area contributed by atoms with Crippen molar-refractivity contribution < 1.29 is 27.1 Å². The third-order valence-electron chi connectivity index (χ3n) is 3.46. The normalized spacial score (nSPS) is 25.2. The quantitative estimate of drug-likeness (QED) is 0.540. The number of halogens is 4. The number of ether oxygens (including phenoxy) is 1. The molecule has 2 atom stereocenters. The smallest absolute Gasteiger partial charge is 0.306 e. The number of esters is 1. The molecule has 1 rings (SSSR count). The van der Waals surface area contributed by atoms with Crippen LogP contribution in [0.1, 0.15) is 39.5 Å². The zero-order valence-corrected chi connectivity index (χ0v) is 12.4. The first kappa shape index (κ1) is 18.2. The molecule has 0 saturated heterocycles. The number of alkyl halides is 1. The first-order valence-electron chi connectivity index (χ1n) is 7.03. The maximum atomic E-state index is 14.6. The Balaban J connectivity index is 3.25. The average molecular weight is 319 g/mol. The molecule has 1 aliphatic rings. The predicted molar refractivity (Wildman–Crippen MR) is 71.1 cm³/mol. The molecule has 0 N–H and O–H groups in total. The Kier molecular flexibility index (Phi) is 6.15. The third kappa shape index (κ3) is 3.32. The van der Waals surface area contributed by atoms with Crippen LogP contribution < -0.4 is 0 Å². The van der Waals surface area contributed by atoms with E-state index >= 15 is 0 Å². The summed E-state index contributed by atoms with van der Waals surface area (Å²) < 4.78 is 61.4. The van der Waals surface area contributed by atoms with Crippen LogP contribution in [0.25, 0.3) is 0 Å². The van der Waals surface area contributed by atoms with Gasteiger partial charge in [-0.3, -0.25) is 4.79 Å². The second kappa shape index (κ2) is 7.43. The highest BCUT2D eigenvalue weighted by atomic mass is 19.2. The molecule has 0 aromatic rings. The van der Waals surface area contributed by atoms with Gasteiger partial charge >= 0.3 is 5.97 Å². The van der Waals surface area contributed by atoms with Crippen LogP contribution in [-0.4, -0.2) is 18.2 Å². The zero-order chi connectivity index (χ0) is 16.9. The SMILES string of the molecule is CCCCC1=C(F)C(F)(C#N)C(CC(=O)OCC)C(F)=C1F. The molecule has 0 fully saturated rings. The van der Waals surface area contributed by atoms with Crippen LogP contribution in [0.2, 0.25) is 0 Å². The Labute approximate surface area is 126 Å². The highest BCUT2D eigenvalue weighted by molar-refractivity contribution is 5.71. The molecule has 0 amide bonds. The standard InChI is InChI=1S/C15H17F4NO2/c1-3-5-6-9-12(16)13(17)10(7-11(21)22-4-2)15(19,8-20)14(9)18/h10H,3-7H2,1-2H3. The fourth-order valence-corrected chi connectivity index (χ4v) is 2.26. The van der Waals surface area contributed by atoms with Crippen molar-refractivity contribution in [1.29, 1.82) is 5.26 Å². The fraction of sp³-hybridized carbons (Fsp3) is 0.600. The van der Waals surface area contributed by atoms with Gasteiger partial charge in [0.1, 0.15) is 11.9 Å². The molecule has 1 aliphatic carbocycles. The number of allylic oxidation sites excluding steroid dienone is 4. The zero-order valence-electron chi connectivity index (χ0n) is 12.4. The minimum atomic E-state index is -3.41. The molecule has 122 valence electrons. The summed E-state index contributed by atoms with van der Waals surface area (Å²) in [7, 11) is 0. The van der Waals surface area contributed by atoms with Gasteiger partial charge in [0.2, 0.25) is 0 Å². The van der Waals surface area contributed by atoms with Gasteiger partial charge in [-0.1, -0.05) is 13.3 Å². The number of carbonyl (C=O) groups excluding carboxylic acids is 1. The molecule has 0 aromatic heterocycles. The summed E-state index contributed by atoms with van der Waals surface area (Å²) in [5, 5.41) is 8.92. The van der Waals surface area contributed by atoms with E-state index in [0.29, 0.717) is 12.8 Å². The number of nitrogens with zero attached hydrogens (tertiary/aromatic N) is 1. The number of unbranched alkanes of at least 4 members (excludes halogenated alkanes) is 1. The summed E-state index contributed by atoms with van der Waals surface area (Å²) in [5.74, 6) is -8.01. The highest BCUT2D eigenvalue weighted by Gasteiger charge is 2.53. The van der Waals surface area contributed by atoms with E-state index in [9.17, 15) is 22.4 Å². The molecule has 0 heterocycles. The van der Waals surface area contributed by atoms with Crippen molar-refractivity contribution in [2.45, 2.75) is 45.2 Å². The van der Waals surface area contributed by atoms with Gasteiger partial charge in [0, 0.05) is 5.57 Å². The van der Waals surface area contributed by atoms with Crippen molar-refractivity contribution >= 4 is 5.97 Å². The predicted octanol–water partition coefficient (Wildman–Crippen LogP) is 4.37. The number of carbonyl (C=O) groups is 1. The summed E-state index contributed by atoms with van der Waals surface area (Å²) in [6.07, 6.45) is -0.302. The van der Waals surface area contributed by atoms with Crippen LogP contribution >= 0.6 is 0 Å². The van der Waals surface area contributed by atoms with Gasteiger partial charge in [0.25, 0.3) is 5.67 Å². The van der Waals surface area contributed by atoms with Gasteiger partial charge in [0.05, 0.1) is 18.9 Å². The van der Waals surface area contributed by atoms with E-state index in [-0.39, 0.29) is 13.0 Å². The summed E-state index contributed by atoms with van der Waals surface area (Å²) in [6.45, 7) is 3.17. The van der Waals surface area contributed by atoms with Crippen LogP contribution in [-0.2, 0) is 9.53 Å². The minimum absolute atomic E-state index is 0.0503. The van der Waals surface area contributed by atoms with E-state index in [0.717, 1.165) is 6.07 Å². The Morgan fingerprint density at radius 1 is 1.36 bits per heavy atom. The lowest BCUT2D eigenvalue weighted by Crippen LogP contribution is -2.38. The molecule has 0 bridgehead atoms. The van der Waals surface area contributed by atoms with Crippen LogP contribution in [0.3, 0.4) is 0 Å². The Bertz CT molecular complexity index is 550. The molecule has 2 unspecified atom stereocenters. The van der Waals surface area contributed by atoms with E-state index in [1.807, 2.05) is 0 Å². The van der Waals surface area contributed by atoms with Gasteiger partial charge in [-0.05, 0) is 19.8 Å². The van der Waals surface area contributed by atoms with Crippen molar-refractivity contribution in [3.63, 3.8) is 0 Å². The monoisotopic (exact) mass is 319 g/mol. The molecular weight excluding hydrogens is 302 g/mol. The summed E-state index contributed by atoms with van der Waals surface area (Å²) in [6, 6.07) is 1.04. The molecule has 0 spiro atoms. The molecule has 0 aromatic carbocycles. The van der Waals surface area contributed by atoms with Crippen molar-refractivity contribution in [3.8, 4) is 6.07 Å². The van der Waals surface area contributed by atoms with Gasteiger partial charge in [0.15, 0.2) is 11.7 Å².